The maximum Gasteiger partial charge on any atom is 0.0384 e. The highest BCUT2D eigenvalue weighted by Gasteiger charge is 2.08. The molecule has 1 heteroatoms. The zero-order chi connectivity index (χ0) is 10.7. The van der Waals surface area contributed by atoms with E-state index in [9.17, 15) is 0 Å². The van der Waals surface area contributed by atoms with E-state index in [1.165, 1.54) is 17.7 Å². The average molecular weight is 199 g/mol. The Hall–Kier alpha value is -1.50. The van der Waals surface area contributed by atoms with E-state index < -0.39 is 0 Å². The molecule has 0 fully saturated rings. The molecular formula is C14H17N. The molecule has 0 bridgehead atoms. The molecule has 0 aliphatic heterocycles. The van der Waals surface area contributed by atoms with E-state index >= 15 is 0 Å². The number of nitrogens with one attached hydrogen (secondary N) is 1. The summed E-state index contributed by atoms with van der Waals surface area (Å²) in [7, 11) is 0. The number of anilines is 1. The molecule has 1 nitrogen and oxygen atoms in total. The van der Waals surface area contributed by atoms with Gasteiger partial charge in [0.15, 0.2) is 0 Å². The summed E-state index contributed by atoms with van der Waals surface area (Å²) in [4.78, 5) is 0. The first-order valence-corrected chi connectivity index (χ1v) is 5.45. The van der Waals surface area contributed by atoms with E-state index in [1.54, 1.807) is 0 Å². The fourth-order valence-corrected chi connectivity index (χ4v) is 2.01. The minimum Gasteiger partial charge on any atom is -0.356 e. The van der Waals surface area contributed by atoms with Crippen LogP contribution in [0, 0.1) is 5.92 Å². The smallest absolute Gasteiger partial charge is 0.0384 e. The first-order valence-electron chi connectivity index (χ1n) is 5.45. The Labute approximate surface area is 91.5 Å². The molecule has 1 aliphatic carbocycles. The molecule has 2 rings (SSSR count). The van der Waals surface area contributed by atoms with Crippen molar-refractivity contribution in [1.29, 1.82) is 0 Å². The number of para-hydroxylation sites is 1. The Kier molecular flexibility index (Phi) is 2.91. The minimum absolute atomic E-state index is 0.640. The fourth-order valence-electron chi connectivity index (χ4n) is 2.01. The maximum atomic E-state index is 3.43. The zero-order valence-corrected chi connectivity index (χ0v) is 9.33. The summed E-state index contributed by atoms with van der Waals surface area (Å²) in [6.45, 7) is 4.44. The summed E-state index contributed by atoms with van der Waals surface area (Å²) >= 11 is 0. The van der Waals surface area contributed by atoms with Crippen molar-refractivity contribution in [3.63, 3.8) is 0 Å². The van der Waals surface area contributed by atoms with Crippen molar-refractivity contribution >= 4 is 5.69 Å². The van der Waals surface area contributed by atoms with Gasteiger partial charge in [0.2, 0.25) is 0 Å². The lowest BCUT2D eigenvalue weighted by Gasteiger charge is -2.17. The molecule has 0 radical (unpaired) electrons. The third-order valence-electron chi connectivity index (χ3n) is 2.57. The molecule has 0 amide bonds. The molecule has 1 unspecified atom stereocenters. The quantitative estimate of drug-likeness (QED) is 0.760. The van der Waals surface area contributed by atoms with Crippen LogP contribution in [-0.2, 0) is 0 Å². The van der Waals surface area contributed by atoms with Crippen molar-refractivity contribution in [2.75, 3.05) is 5.32 Å². The van der Waals surface area contributed by atoms with Gasteiger partial charge in [-0.25, -0.2) is 0 Å². The van der Waals surface area contributed by atoms with Crippen molar-refractivity contribution in [3.05, 3.63) is 53.8 Å². The Morgan fingerprint density at radius 3 is 2.60 bits per heavy atom. The topological polar surface area (TPSA) is 12.0 Å². The van der Waals surface area contributed by atoms with Gasteiger partial charge in [-0.05, 0) is 37.5 Å². The van der Waals surface area contributed by atoms with Gasteiger partial charge in [0.1, 0.15) is 0 Å². The molecule has 0 spiro atoms. The van der Waals surface area contributed by atoms with E-state index in [0.29, 0.717) is 5.92 Å². The van der Waals surface area contributed by atoms with Crippen LogP contribution in [0.25, 0.3) is 0 Å². The van der Waals surface area contributed by atoms with Gasteiger partial charge >= 0.3 is 0 Å². The Morgan fingerprint density at radius 2 is 1.93 bits per heavy atom. The third kappa shape index (κ3) is 2.72. The van der Waals surface area contributed by atoms with E-state index in [1.807, 2.05) is 18.2 Å². The predicted octanol–water partition coefficient (Wildman–Crippen LogP) is 3.97. The molecule has 78 valence electrons. The average Bonchev–Trinajstić information content (AvgIpc) is 2.17. The summed E-state index contributed by atoms with van der Waals surface area (Å²) in [6.07, 6.45) is 5.70. The van der Waals surface area contributed by atoms with Gasteiger partial charge in [0.05, 0.1) is 0 Å². The van der Waals surface area contributed by atoms with Crippen LogP contribution in [0.3, 0.4) is 0 Å². The number of benzene rings is 1. The lowest BCUT2D eigenvalue weighted by molar-refractivity contribution is 0.701. The third-order valence-corrected chi connectivity index (χ3v) is 2.57. The molecule has 1 aliphatic rings. The van der Waals surface area contributed by atoms with Crippen LogP contribution >= 0.6 is 0 Å². The molecular weight excluding hydrogens is 182 g/mol. The van der Waals surface area contributed by atoms with Crippen LogP contribution in [0.2, 0.25) is 0 Å². The SMILES string of the molecule is CC1=CC(Nc2ccccc2)=CC(C)C1. The van der Waals surface area contributed by atoms with Crippen LogP contribution < -0.4 is 5.32 Å². The number of allylic oxidation sites excluding steroid dienone is 3. The number of hydrogen-bond donors (Lipinski definition) is 1. The van der Waals surface area contributed by atoms with Crippen molar-refractivity contribution in [1.82, 2.24) is 0 Å². The van der Waals surface area contributed by atoms with E-state index in [2.05, 4.69) is 43.4 Å². The summed E-state index contributed by atoms with van der Waals surface area (Å²) in [5.41, 5.74) is 3.82. The van der Waals surface area contributed by atoms with Gasteiger partial charge in [-0.2, -0.15) is 0 Å². The van der Waals surface area contributed by atoms with E-state index in [-0.39, 0.29) is 0 Å². The molecule has 1 aromatic rings. The minimum atomic E-state index is 0.640. The summed E-state index contributed by atoms with van der Waals surface area (Å²) in [6, 6.07) is 10.3. The standard InChI is InChI=1S/C14H17N/c1-11-8-12(2)10-14(9-11)15-13-6-4-3-5-7-13/h3-7,9-11,15H,8H2,1-2H3. The van der Waals surface area contributed by atoms with Crippen molar-refractivity contribution in [3.8, 4) is 0 Å². The van der Waals surface area contributed by atoms with Gasteiger partial charge in [-0.1, -0.05) is 36.8 Å². The molecule has 15 heavy (non-hydrogen) atoms. The van der Waals surface area contributed by atoms with Crippen LogP contribution in [-0.4, -0.2) is 0 Å². The highest BCUT2D eigenvalue weighted by molar-refractivity contribution is 5.51. The highest BCUT2D eigenvalue weighted by atomic mass is 14.9. The van der Waals surface area contributed by atoms with Crippen LogP contribution in [0.4, 0.5) is 5.69 Å². The van der Waals surface area contributed by atoms with Gasteiger partial charge in [-0.15, -0.1) is 0 Å². The van der Waals surface area contributed by atoms with Gasteiger partial charge < -0.3 is 5.32 Å². The fraction of sp³-hybridized carbons (Fsp3) is 0.286. The lowest BCUT2D eigenvalue weighted by atomic mass is 9.95. The Bertz CT molecular complexity index is 387. The van der Waals surface area contributed by atoms with Crippen molar-refractivity contribution in [2.24, 2.45) is 5.92 Å². The highest BCUT2D eigenvalue weighted by Crippen LogP contribution is 2.22. The van der Waals surface area contributed by atoms with E-state index in [4.69, 9.17) is 0 Å². The first kappa shape index (κ1) is 10.0. The normalized spacial score (nSPS) is 20.5. The molecule has 1 N–H and O–H groups in total. The van der Waals surface area contributed by atoms with Crippen molar-refractivity contribution < 1.29 is 0 Å². The maximum absolute atomic E-state index is 3.43. The largest absolute Gasteiger partial charge is 0.356 e. The monoisotopic (exact) mass is 199 g/mol. The number of hydrogen-bond acceptors (Lipinski definition) is 1. The first-order chi connectivity index (χ1) is 7.24. The molecule has 0 heterocycles. The second kappa shape index (κ2) is 4.35. The predicted molar refractivity (Wildman–Crippen MR) is 65.7 cm³/mol. The van der Waals surface area contributed by atoms with Gasteiger partial charge in [0, 0.05) is 11.4 Å². The Balaban J connectivity index is 2.13. The zero-order valence-electron chi connectivity index (χ0n) is 9.33. The molecule has 0 saturated heterocycles. The van der Waals surface area contributed by atoms with Crippen LogP contribution in [0.15, 0.2) is 53.8 Å². The Morgan fingerprint density at radius 1 is 1.20 bits per heavy atom. The summed E-state index contributed by atoms with van der Waals surface area (Å²) < 4.78 is 0. The molecule has 0 saturated carbocycles. The van der Waals surface area contributed by atoms with E-state index in [0.717, 1.165) is 5.69 Å². The second-order valence-corrected chi connectivity index (χ2v) is 4.29. The van der Waals surface area contributed by atoms with Crippen molar-refractivity contribution in [2.45, 2.75) is 20.3 Å². The molecule has 1 atom stereocenters. The van der Waals surface area contributed by atoms with Gasteiger partial charge in [0.25, 0.3) is 0 Å². The van der Waals surface area contributed by atoms with Gasteiger partial charge in [-0.3, -0.25) is 0 Å². The molecule has 0 aromatic heterocycles. The summed E-state index contributed by atoms with van der Waals surface area (Å²) in [5.74, 6) is 0.640. The second-order valence-electron chi connectivity index (χ2n) is 4.29. The lowest BCUT2D eigenvalue weighted by Crippen LogP contribution is -2.05. The molecule has 1 aromatic carbocycles. The number of rotatable bonds is 2. The summed E-state index contributed by atoms with van der Waals surface area (Å²) in [5, 5.41) is 3.43. The van der Waals surface area contributed by atoms with Crippen LogP contribution in [0.5, 0.6) is 0 Å². The van der Waals surface area contributed by atoms with Crippen LogP contribution in [0.1, 0.15) is 20.3 Å².